The highest BCUT2D eigenvalue weighted by molar-refractivity contribution is 6.15. The van der Waals surface area contributed by atoms with Crippen LogP contribution in [0.3, 0.4) is 0 Å². The molecule has 2 atom stereocenters. The molecule has 1 fully saturated rings. The Morgan fingerprint density at radius 3 is 2.44 bits per heavy atom. The van der Waals surface area contributed by atoms with Crippen LogP contribution < -0.4 is 0 Å². The second-order valence-corrected chi connectivity index (χ2v) is 3.65. The molecule has 0 heterocycles. The average molecular weight is 122 g/mol. The average Bonchev–Trinajstić information content (AvgIpc) is 1.77. The van der Waals surface area contributed by atoms with Crippen LogP contribution in [0.15, 0.2) is 0 Å². The van der Waals surface area contributed by atoms with Crippen molar-refractivity contribution in [1.82, 2.24) is 0 Å². The summed E-state index contributed by atoms with van der Waals surface area (Å²) in [4.78, 5) is 0. The highest BCUT2D eigenvalue weighted by Gasteiger charge is 2.27. The highest BCUT2D eigenvalue weighted by atomic mass is 14.3. The van der Waals surface area contributed by atoms with Crippen LogP contribution in [0.2, 0.25) is 5.31 Å². The normalized spacial score (nSPS) is 44.9. The molecule has 0 amide bonds. The molecule has 0 bridgehead atoms. The fourth-order valence-corrected chi connectivity index (χ4v) is 1.53. The van der Waals surface area contributed by atoms with Crippen LogP contribution >= 0.6 is 0 Å². The van der Waals surface area contributed by atoms with E-state index in [4.69, 9.17) is 7.85 Å². The van der Waals surface area contributed by atoms with Gasteiger partial charge in [-0.05, 0) is 5.92 Å². The standard InChI is InChI=1S/C8H15B/c1-7-5-3-4-6-8(7,2)9/h7H,3-6H2,1-2H3/t7?,8-/m1/s1. The van der Waals surface area contributed by atoms with Gasteiger partial charge in [0.2, 0.25) is 0 Å². The van der Waals surface area contributed by atoms with Crippen LogP contribution in [-0.2, 0) is 0 Å². The third-order valence-corrected chi connectivity index (χ3v) is 2.73. The third kappa shape index (κ3) is 1.50. The summed E-state index contributed by atoms with van der Waals surface area (Å²) in [5.74, 6) is 0.728. The van der Waals surface area contributed by atoms with Crippen molar-refractivity contribution in [2.75, 3.05) is 0 Å². The summed E-state index contributed by atoms with van der Waals surface area (Å²) < 4.78 is 0. The van der Waals surface area contributed by atoms with Crippen LogP contribution in [-0.4, -0.2) is 7.85 Å². The molecule has 0 N–H and O–H groups in total. The van der Waals surface area contributed by atoms with E-state index in [1.807, 2.05) is 0 Å². The fourth-order valence-electron chi connectivity index (χ4n) is 1.53. The zero-order valence-corrected chi connectivity index (χ0v) is 6.48. The summed E-state index contributed by atoms with van der Waals surface area (Å²) in [5, 5.41) is 0.137. The first kappa shape index (κ1) is 7.18. The first-order valence-electron chi connectivity index (χ1n) is 3.92. The Kier molecular flexibility index (Phi) is 1.88. The molecular formula is C8H15B. The lowest BCUT2D eigenvalue weighted by Crippen LogP contribution is -2.22. The summed E-state index contributed by atoms with van der Waals surface area (Å²) in [7, 11) is 6.02. The minimum atomic E-state index is 0.137. The molecule has 0 spiro atoms. The largest absolute Gasteiger partial charge is 0.0746 e. The Bertz CT molecular complexity index is 96.7. The molecule has 0 aromatic rings. The third-order valence-electron chi connectivity index (χ3n) is 2.73. The van der Waals surface area contributed by atoms with Crippen molar-refractivity contribution in [1.29, 1.82) is 0 Å². The summed E-state index contributed by atoms with van der Waals surface area (Å²) in [5.41, 5.74) is 0. The van der Waals surface area contributed by atoms with Gasteiger partial charge in [0.25, 0.3) is 0 Å². The van der Waals surface area contributed by atoms with Crippen molar-refractivity contribution in [3.63, 3.8) is 0 Å². The van der Waals surface area contributed by atoms with Crippen LogP contribution in [0.5, 0.6) is 0 Å². The highest BCUT2D eigenvalue weighted by Crippen LogP contribution is 2.43. The van der Waals surface area contributed by atoms with E-state index in [1.165, 1.54) is 25.7 Å². The molecule has 0 aromatic heterocycles. The van der Waals surface area contributed by atoms with E-state index in [2.05, 4.69) is 13.8 Å². The first-order valence-corrected chi connectivity index (χ1v) is 3.92. The number of hydrogen-bond acceptors (Lipinski definition) is 0. The molecule has 1 heteroatoms. The molecule has 50 valence electrons. The van der Waals surface area contributed by atoms with Crippen molar-refractivity contribution in [3.8, 4) is 0 Å². The molecule has 1 saturated carbocycles. The monoisotopic (exact) mass is 122 g/mol. The molecule has 1 aliphatic rings. The molecule has 1 rings (SSSR count). The SMILES string of the molecule is [B][C@]1(C)CCCCC1C. The molecular weight excluding hydrogens is 107 g/mol. The molecule has 2 radical (unpaired) electrons. The number of rotatable bonds is 0. The Balaban J connectivity index is 2.49. The van der Waals surface area contributed by atoms with Gasteiger partial charge in [-0.25, -0.2) is 0 Å². The lowest BCUT2D eigenvalue weighted by molar-refractivity contribution is 0.295. The van der Waals surface area contributed by atoms with Gasteiger partial charge in [0.05, 0.1) is 7.85 Å². The zero-order valence-electron chi connectivity index (χ0n) is 6.48. The van der Waals surface area contributed by atoms with Crippen LogP contribution in [0.1, 0.15) is 39.5 Å². The van der Waals surface area contributed by atoms with Gasteiger partial charge < -0.3 is 0 Å². The van der Waals surface area contributed by atoms with E-state index < -0.39 is 0 Å². The lowest BCUT2D eigenvalue weighted by Gasteiger charge is -2.36. The van der Waals surface area contributed by atoms with Gasteiger partial charge in [0.1, 0.15) is 0 Å². The quantitative estimate of drug-likeness (QED) is 0.433. The predicted octanol–water partition coefficient (Wildman–Crippen LogP) is 2.54. The molecule has 0 aromatic carbocycles. The minimum Gasteiger partial charge on any atom is -0.0674 e. The summed E-state index contributed by atoms with van der Waals surface area (Å²) >= 11 is 0. The maximum atomic E-state index is 6.02. The van der Waals surface area contributed by atoms with E-state index in [9.17, 15) is 0 Å². The topological polar surface area (TPSA) is 0 Å². The molecule has 1 unspecified atom stereocenters. The summed E-state index contributed by atoms with van der Waals surface area (Å²) in [6.45, 7) is 4.44. The van der Waals surface area contributed by atoms with Gasteiger partial charge in [0, 0.05) is 0 Å². The molecule has 0 nitrogen and oxygen atoms in total. The maximum Gasteiger partial charge on any atom is 0.0746 e. The van der Waals surface area contributed by atoms with E-state index in [0.29, 0.717) is 0 Å². The van der Waals surface area contributed by atoms with Gasteiger partial charge in [-0.2, -0.15) is 0 Å². The van der Waals surface area contributed by atoms with Crippen molar-refractivity contribution < 1.29 is 0 Å². The zero-order chi connectivity index (χ0) is 6.91. The lowest BCUT2D eigenvalue weighted by atomic mass is 9.56. The van der Waals surface area contributed by atoms with Crippen molar-refractivity contribution >= 4 is 7.85 Å². The molecule has 0 saturated heterocycles. The van der Waals surface area contributed by atoms with Crippen LogP contribution in [0.25, 0.3) is 0 Å². The minimum absolute atomic E-state index is 0.137. The maximum absolute atomic E-state index is 6.02. The first-order chi connectivity index (χ1) is 4.13. The van der Waals surface area contributed by atoms with Gasteiger partial charge >= 0.3 is 0 Å². The van der Waals surface area contributed by atoms with E-state index in [1.54, 1.807) is 0 Å². The Labute approximate surface area is 59.4 Å². The molecule has 0 aliphatic heterocycles. The van der Waals surface area contributed by atoms with Gasteiger partial charge in [-0.1, -0.05) is 44.8 Å². The second kappa shape index (κ2) is 2.36. The van der Waals surface area contributed by atoms with E-state index >= 15 is 0 Å². The van der Waals surface area contributed by atoms with Crippen LogP contribution in [0.4, 0.5) is 0 Å². The second-order valence-electron chi connectivity index (χ2n) is 3.65. The number of hydrogen-bond donors (Lipinski definition) is 0. The van der Waals surface area contributed by atoms with E-state index in [-0.39, 0.29) is 5.31 Å². The Hall–Kier alpha value is 0.0649. The summed E-state index contributed by atoms with van der Waals surface area (Å²) in [6, 6.07) is 0. The van der Waals surface area contributed by atoms with Gasteiger partial charge in [-0.15, -0.1) is 0 Å². The smallest absolute Gasteiger partial charge is 0.0674 e. The van der Waals surface area contributed by atoms with Crippen molar-refractivity contribution in [2.45, 2.75) is 44.8 Å². The van der Waals surface area contributed by atoms with E-state index in [0.717, 1.165) is 5.92 Å². The van der Waals surface area contributed by atoms with Gasteiger partial charge in [0.15, 0.2) is 0 Å². The summed E-state index contributed by atoms with van der Waals surface area (Å²) in [6.07, 6.45) is 5.26. The molecule has 9 heavy (non-hydrogen) atoms. The molecule has 1 aliphatic carbocycles. The Morgan fingerprint density at radius 2 is 2.11 bits per heavy atom. The fraction of sp³-hybridized carbons (Fsp3) is 1.00. The van der Waals surface area contributed by atoms with Crippen LogP contribution in [0, 0.1) is 5.92 Å². The Morgan fingerprint density at radius 1 is 1.44 bits per heavy atom. The van der Waals surface area contributed by atoms with Crippen molar-refractivity contribution in [3.05, 3.63) is 0 Å². The van der Waals surface area contributed by atoms with Gasteiger partial charge in [-0.3, -0.25) is 0 Å². The predicted molar refractivity (Wildman–Crippen MR) is 41.8 cm³/mol. The van der Waals surface area contributed by atoms with Crippen molar-refractivity contribution in [2.24, 2.45) is 5.92 Å².